The Morgan fingerprint density at radius 1 is 1.42 bits per heavy atom. The summed E-state index contributed by atoms with van der Waals surface area (Å²) in [4.78, 5) is 18.5. The third-order valence-electron chi connectivity index (χ3n) is 3.38. The topological polar surface area (TPSA) is 98.6 Å². The van der Waals surface area contributed by atoms with Crippen molar-refractivity contribution in [1.29, 1.82) is 0 Å². The molecular weight excluding hydrogens is 244 g/mol. The van der Waals surface area contributed by atoms with Crippen LogP contribution in [0.3, 0.4) is 0 Å². The van der Waals surface area contributed by atoms with Crippen molar-refractivity contribution in [2.24, 2.45) is 11.8 Å². The van der Waals surface area contributed by atoms with Crippen LogP contribution in [0.4, 0.5) is 11.9 Å². The maximum atomic E-state index is 5.73. The van der Waals surface area contributed by atoms with Crippen molar-refractivity contribution in [2.45, 2.75) is 13.3 Å². The van der Waals surface area contributed by atoms with E-state index in [1.807, 2.05) is 11.9 Å². The second-order valence-corrected chi connectivity index (χ2v) is 4.99. The first-order chi connectivity index (χ1) is 9.13. The van der Waals surface area contributed by atoms with Crippen LogP contribution >= 0.6 is 0 Å². The highest BCUT2D eigenvalue weighted by Gasteiger charge is 2.33. The zero-order valence-corrected chi connectivity index (χ0v) is 10.9. The maximum absolute atomic E-state index is 5.73. The van der Waals surface area contributed by atoms with Gasteiger partial charge in [-0.2, -0.15) is 24.7 Å². The molecule has 1 fully saturated rings. The van der Waals surface area contributed by atoms with Gasteiger partial charge in [0, 0.05) is 13.6 Å². The molecule has 1 aliphatic rings. The summed E-state index contributed by atoms with van der Waals surface area (Å²) in [6.45, 7) is 3.18. The van der Waals surface area contributed by atoms with Crippen LogP contribution in [0, 0.1) is 11.8 Å². The second kappa shape index (κ2) is 4.45. The van der Waals surface area contributed by atoms with Gasteiger partial charge in [0.15, 0.2) is 0 Å². The number of rotatable bonds is 4. The van der Waals surface area contributed by atoms with Crippen LogP contribution in [0.5, 0.6) is 0 Å². The van der Waals surface area contributed by atoms with Gasteiger partial charge in [-0.1, -0.05) is 6.92 Å². The zero-order valence-electron chi connectivity index (χ0n) is 10.9. The van der Waals surface area contributed by atoms with E-state index in [2.05, 4.69) is 32.0 Å². The summed E-state index contributed by atoms with van der Waals surface area (Å²) in [6, 6.07) is 0. The maximum Gasteiger partial charge on any atom is 0.258 e. The van der Waals surface area contributed by atoms with E-state index in [4.69, 9.17) is 5.73 Å². The van der Waals surface area contributed by atoms with Gasteiger partial charge in [-0.25, -0.2) is 4.98 Å². The van der Waals surface area contributed by atoms with Crippen LogP contribution in [0.2, 0.25) is 0 Å². The molecule has 100 valence electrons. The standard InChI is InChI=1S/C11H16N8/c1-7-3-8(7)4-18(2)10-15-9(12)16-11(17-10)19-6-13-5-14-19/h5-8H,3-4H2,1-2H3,(H2,12,15,16,17). The first kappa shape index (κ1) is 11.8. The summed E-state index contributed by atoms with van der Waals surface area (Å²) in [7, 11) is 1.96. The third kappa shape index (κ3) is 2.47. The van der Waals surface area contributed by atoms with Gasteiger partial charge in [0.1, 0.15) is 12.7 Å². The predicted molar refractivity (Wildman–Crippen MR) is 69.7 cm³/mol. The molecule has 0 bridgehead atoms. The fourth-order valence-corrected chi connectivity index (χ4v) is 2.04. The van der Waals surface area contributed by atoms with Crippen LogP contribution in [0.25, 0.3) is 5.95 Å². The molecule has 0 radical (unpaired) electrons. The van der Waals surface area contributed by atoms with Crippen molar-refractivity contribution in [2.75, 3.05) is 24.2 Å². The number of nitrogens with zero attached hydrogens (tertiary/aromatic N) is 7. The molecule has 1 aliphatic carbocycles. The summed E-state index contributed by atoms with van der Waals surface area (Å²) in [5, 5.41) is 3.99. The van der Waals surface area contributed by atoms with E-state index in [-0.39, 0.29) is 5.95 Å². The molecule has 2 atom stereocenters. The Morgan fingerprint density at radius 2 is 2.21 bits per heavy atom. The normalized spacial score (nSPS) is 21.4. The summed E-state index contributed by atoms with van der Waals surface area (Å²) >= 11 is 0. The highest BCUT2D eigenvalue weighted by atomic mass is 15.4. The summed E-state index contributed by atoms with van der Waals surface area (Å²) < 4.78 is 1.47. The molecule has 8 heteroatoms. The molecule has 3 rings (SSSR count). The monoisotopic (exact) mass is 260 g/mol. The Morgan fingerprint density at radius 3 is 2.84 bits per heavy atom. The van der Waals surface area contributed by atoms with Gasteiger partial charge in [-0.05, 0) is 18.3 Å². The van der Waals surface area contributed by atoms with Crippen LogP contribution < -0.4 is 10.6 Å². The Kier molecular flexibility index (Phi) is 2.77. The lowest BCUT2D eigenvalue weighted by Crippen LogP contribution is -2.24. The highest BCUT2D eigenvalue weighted by molar-refractivity contribution is 5.37. The van der Waals surface area contributed by atoms with Crippen molar-refractivity contribution in [1.82, 2.24) is 29.7 Å². The Bertz CT molecular complexity index is 566. The molecule has 0 spiro atoms. The smallest absolute Gasteiger partial charge is 0.258 e. The summed E-state index contributed by atoms with van der Waals surface area (Å²) in [5.41, 5.74) is 5.73. The molecule has 1 saturated carbocycles. The van der Waals surface area contributed by atoms with Crippen molar-refractivity contribution < 1.29 is 0 Å². The lowest BCUT2D eigenvalue weighted by Gasteiger charge is -2.17. The van der Waals surface area contributed by atoms with Gasteiger partial charge in [0.2, 0.25) is 11.9 Å². The van der Waals surface area contributed by atoms with Gasteiger partial charge in [-0.15, -0.1) is 0 Å². The third-order valence-corrected chi connectivity index (χ3v) is 3.38. The number of anilines is 2. The molecule has 2 unspecified atom stereocenters. The van der Waals surface area contributed by atoms with E-state index in [0.717, 1.165) is 18.4 Å². The quantitative estimate of drug-likeness (QED) is 0.833. The molecule has 2 N–H and O–H groups in total. The largest absolute Gasteiger partial charge is 0.368 e. The fourth-order valence-electron chi connectivity index (χ4n) is 2.04. The first-order valence-corrected chi connectivity index (χ1v) is 6.21. The van der Waals surface area contributed by atoms with Gasteiger partial charge in [0.25, 0.3) is 5.95 Å². The van der Waals surface area contributed by atoms with Gasteiger partial charge < -0.3 is 10.6 Å². The van der Waals surface area contributed by atoms with Gasteiger partial charge in [0.05, 0.1) is 0 Å². The van der Waals surface area contributed by atoms with E-state index in [1.165, 1.54) is 23.8 Å². The molecule has 0 amide bonds. The molecule has 0 saturated heterocycles. The van der Waals surface area contributed by atoms with Crippen LogP contribution in [0.15, 0.2) is 12.7 Å². The number of nitrogen functional groups attached to an aromatic ring is 1. The van der Waals surface area contributed by atoms with E-state index < -0.39 is 0 Å². The SMILES string of the molecule is CC1CC1CN(C)c1nc(N)nc(-n2cncn2)n1. The van der Waals surface area contributed by atoms with E-state index in [9.17, 15) is 0 Å². The van der Waals surface area contributed by atoms with Crippen molar-refractivity contribution in [3.63, 3.8) is 0 Å². The van der Waals surface area contributed by atoms with Crippen LogP contribution in [-0.2, 0) is 0 Å². The summed E-state index contributed by atoms with van der Waals surface area (Å²) in [6.07, 6.45) is 4.22. The minimum absolute atomic E-state index is 0.186. The highest BCUT2D eigenvalue weighted by Crippen LogP contribution is 2.38. The van der Waals surface area contributed by atoms with Crippen LogP contribution in [-0.4, -0.2) is 43.3 Å². The number of nitrogens with two attached hydrogens (primary N) is 1. The van der Waals surface area contributed by atoms with Gasteiger partial charge >= 0.3 is 0 Å². The average Bonchev–Trinajstić information content (AvgIpc) is 2.88. The lowest BCUT2D eigenvalue weighted by atomic mass is 10.3. The molecule has 0 aliphatic heterocycles. The number of hydrogen-bond acceptors (Lipinski definition) is 7. The Labute approximate surface area is 110 Å². The Hall–Kier alpha value is -2.25. The van der Waals surface area contributed by atoms with E-state index >= 15 is 0 Å². The van der Waals surface area contributed by atoms with Crippen molar-refractivity contribution >= 4 is 11.9 Å². The number of hydrogen-bond donors (Lipinski definition) is 1. The zero-order chi connectivity index (χ0) is 13.4. The van der Waals surface area contributed by atoms with Gasteiger partial charge in [-0.3, -0.25) is 0 Å². The Balaban J connectivity index is 1.85. The molecule has 8 nitrogen and oxygen atoms in total. The van der Waals surface area contributed by atoms with Crippen LogP contribution in [0.1, 0.15) is 13.3 Å². The van der Waals surface area contributed by atoms with E-state index in [0.29, 0.717) is 11.9 Å². The molecule has 19 heavy (non-hydrogen) atoms. The minimum atomic E-state index is 0.186. The molecule has 2 aromatic heterocycles. The summed E-state index contributed by atoms with van der Waals surface area (Å²) in [5.74, 6) is 2.65. The predicted octanol–water partition coefficient (Wildman–Crippen LogP) is 0.127. The van der Waals surface area contributed by atoms with Crippen molar-refractivity contribution in [3.8, 4) is 5.95 Å². The average molecular weight is 260 g/mol. The minimum Gasteiger partial charge on any atom is -0.368 e. The molecular formula is C11H16N8. The fraction of sp³-hybridized carbons (Fsp3) is 0.545. The molecule has 2 aromatic rings. The first-order valence-electron chi connectivity index (χ1n) is 6.21. The number of aromatic nitrogens is 6. The molecule has 2 heterocycles. The van der Waals surface area contributed by atoms with Crippen molar-refractivity contribution in [3.05, 3.63) is 12.7 Å². The van der Waals surface area contributed by atoms with E-state index in [1.54, 1.807) is 0 Å². The second-order valence-electron chi connectivity index (χ2n) is 4.99. The lowest BCUT2D eigenvalue weighted by molar-refractivity contribution is 0.703. The molecule has 0 aromatic carbocycles.